The summed E-state index contributed by atoms with van der Waals surface area (Å²) < 4.78 is 3.40. The van der Waals surface area contributed by atoms with Crippen LogP contribution in [0.25, 0.3) is 16.9 Å². The molecule has 4 aromatic rings. The molecule has 0 aliphatic heterocycles. The van der Waals surface area contributed by atoms with Gasteiger partial charge in [-0.25, -0.2) is 4.98 Å². The van der Waals surface area contributed by atoms with E-state index in [0.29, 0.717) is 41.6 Å². The van der Waals surface area contributed by atoms with E-state index in [4.69, 9.17) is 4.98 Å². The Kier molecular flexibility index (Phi) is 3.81. The minimum Gasteiger partial charge on any atom is -0.336 e. The second kappa shape index (κ2) is 6.33. The van der Waals surface area contributed by atoms with E-state index < -0.39 is 0 Å². The fraction of sp³-hybridized carbons (Fsp3) is 0.400. The topological polar surface area (TPSA) is 80.9 Å². The summed E-state index contributed by atoms with van der Waals surface area (Å²) in [4.78, 5) is 25.7. The van der Waals surface area contributed by atoms with E-state index in [0.717, 1.165) is 24.2 Å². The first-order chi connectivity index (χ1) is 13.2. The molecule has 0 saturated heterocycles. The molecule has 5 rings (SSSR count). The Hall–Kier alpha value is -2.96. The van der Waals surface area contributed by atoms with Crippen molar-refractivity contribution in [3.05, 3.63) is 57.9 Å². The van der Waals surface area contributed by atoms with Crippen molar-refractivity contribution in [3.8, 4) is 0 Å². The zero-order valence-corrected chi connectivity index (χ0v) is 15.4. The lowest BCUT2D eigenvalue weighted by Crippen LogP contribution is -2.22. The van der Waals surface area contributed by atoms with Crippen LogP contribution in [0, 0.1) is 0 Å². The van der Waals surface area contributed by atoms with Crippen LogP contribution in [0.15, 0.2) is 35.1 Å². The van der Waals surface area contributed by atoms with Crippen molar-refractivity contribution in [2.45, 2.75) is 51.5 Å². The first-order valence-corrected chi connectivity index (χ1v) is 9.66. The lowest BCUT2D eigenvalue weighted by molar-refractivity contribution is 0.680. The second-order valence-corrected chi connectivity index (χ2v) is 7.25. The van der Waals surface area contributed by atoms with E-state index in [1.807, 2.05) is 25.1 Å². The maximum absolute atomic E-state index is 13.0. The van der Waals surface area contributed by atoms with E-state index in [1.54, 1.807) is 9.08 Å². The molecule has 7 nitrogen and oxygen atoms in total. The quantitative estimate of drug-likeness (QED) is 0.605. The minimum atomic E-state index is -0.0737. The highest BCUT2D eigenvalue weighted by Gasteiger charge is 2.24. The van der Waals surface area contributed by atoms with Gasteiger partial charge >= 0.3 is 0 Å². The van der Waals surface area contributed by atoms with E-state index in [1.165, 1.54) is 12.8 Å². The predicted molar refractivity (Wildman–Crippen MR) is 103 cm³/mol. The van der Waals surface area contributed by atoms with Gasteiger partial charge in [0.15, 0.2) is 17.0 Å². The number of nitrogens with one attached hydrogen (secondary N) is 1. The molecular formula is C20H22N6O. The highest BCUT2D eigenvalue weighted by molar-refractivity contribution is 5.72. The normalized spacial score (nSPS) is 15.3. The Balaban J connectivity index is 1.69. The summed E-state index contributed by atoms with van der Waals surface area (Å²) in [5.41, 5.74) is 2.19. The van der Waals surface area contributed by atoms with Gasteiger partial charge in [0.25, 0.3) is 5.56 Å². The van der Waals surface area contributed by atoms with Crippen LogP contribution < -0.4 is 5.56 Å². The number of hydrogen-bond donors (Lipinski definition) is 1. The Morgan fingerprint density at radius 2 is 1.93 bits per heavy atom. The molecule has 1 N–H and O–H groups in total. The van der Waals surface area contributed by atoms with Crippen LogP contribution in [-0.2, 0) is 13.0 Å². The van der Waals surface area contributed by atoms with Crippen LogP contribution >= 0.6 is 0 Å². The summed E-state index contributed by atoms with van der Waals surface area (Å²) in [6.45, 7) is 2.49. The Morgan fingerprint density at radius 3 is 2.67 bits per heavy atom. The third-order valence-corrected chi connectivity index (χ3v) is 5.50. The Morgan fingerprint density at radius 1 is 1.15 bits per heavy atom. The van der Waals surface area contributed by atoms with Gasteiger partial charge in [-0.1, -0.05) is 43.2 Å². The van der Waals surface area contributed by atoms with Gasteiger partial charge in [0.1, 0.15) is 5.82 Å². The highest BCUT2D eigenvalue weighted by Crippen LogP contribution is 2.33. The third kappa shape index (κ3) is 2.65. The summed E-state index contributed by atoms with van der Waals surface area (Å²) >= 11 is 0. The van der Waals surface area contributed by atoms with E-state index in [-0.39, 0.29) is 5.56 Å². The molecule has 1 fully saturated rings. The van der Waals surface area contributed by atoms with Crippen molar-refractivity contribution >= 4 is 16.9 Å². The molecule has 1 aromatic carbocycles. The number of aromatic amines is 1. The van der Waals surface area contributed by atoms with Gasteiger partial charge in [-0.2, -0.15) is 9.50 Å². The SMILES string of the molecule is CCn1c(=O)c2[nH]c(C3CCCC3)nc2n2nc(Cc3ccccc3)nc12. The minimum absolute atomic E-state index is 0.0737. The van der Waals surface area contributed by atoms with Gasteiger partial charge in [-0.3, -0.25) is 9.36 Å². The van der Waals surface area contributed by atoms with Crippen LogP contribution in [0.5, 0.6) is 0 Å². The van der Waals surface area contributed by atoms with Crippen molar-refractivity contribution in [3.63, 3.8) is 0 Å². The zero-order chi connectivity index (χ0) is 18.4. The summed E-state index contributed by atoms with van der Waals surface area (Å²) in [7, 11) is 0. The van der Waals surface area contributed by atoms with E-state index >= 15 is 0 Å². The lowest BCUT2D eigenvalue weighted by atomic mass is 10.1. The molecule has 1 aliphatic rings. The molecule has 27 heavy (non-hydrogen) atoms. The molecule has 0 radical (unpaired) electrons. The average Bonchev–Trinajstić information content (AvgIpc) is 3.42. The first-order valence-electron chi connectivity index (χ1n) is 9.66. The van der Waals surface area contributed by atoms with Gasteiger partial charge in [-0.05, 0) is 25.3 Å². The maximum atomic E-state index is 13.0. The summed E-state index contributed by atoms with van der Waals surface area (Å²) in [6.07, 6.45) is 5.33. The summed E-state index contributed by atoms with van der Waals surface area (Å²) in [6, 6.07) is 10.1. The highest BCUT2D eigenvalue weighted by atomic mass is 16.1. The van der Waals surface area contributed by atoms with Gasteiger partial charge in [0, 0.05) is 18.9 Å². The molecule has 0 atom stereocenters. The van der Waals surface area contributed by atoms with Gasteiger partial charge in [-0.15, -0.1) is 5.10 Å². The number of imidazole rings is 1. The van der Waals surface area contributed by atoms with Crippen LogP contribution in [0.4, 0.5) is 0 Å². The number of aryl methyl sites for hydroxylation is 1. The molecule has 1 saturated carbocycles. The average molecular weight is 362 g/mol. The molecule has 0 bridgehead atoms. The number of aromatic nitrogens is 6. The molecule has 3 aromatic heterocycles. The number of nitrogens with zero attached hydrogens (tertiary/aromatic N) is 5. The molecular weight excluding hydrogens is 340 g/mol. The van der Waals surface area contributed by atoms with Crippen molar-refractivity contribution in [1.29, 1.82) is 0 Å². The fourth-order valence-electron chi connectivity index (χ4n) is 4.10. The van der Waals surface area contributed by atoms with Gasteiger partial charge < -0.3 is 4.98 Å². The Labute approximate surface area is 156 Å². The molecule has 0 unspecified atom stereocenters. The van der Waals surface area contributed by atoms with Crippen LogP contribution in [-0.4, -0.2) is 29.1 Å². The van der Waals surface area contributed by atoms with Crippen molar-refractivity contribution < 1.29 is 0 Å². The number of hydrogen-bond acceptors (Lipinski definition) is 4. The standard InChI is InChI=1S/C20H22N6O/c1-2-25-19(27)16-18(23-17(22-16)14-10-6-7-11-14)26-20(25)21-15(24-26)12-13-8-4-3-5-9-13/h3-5,8-9,14H,2,6-7,10-12H2,1H3,(H,22,23). The molecule has 0 spiro atoms. The molecule has 138 valence electrons. The summed E-state index contributed by atoms with van der Waals surface area (Å²) in [5.74, 6) is 2.58. The fourth-order valence-corrected chi connectivity index (χ4v) is 4.10. The van der Waals surface area contributed by atoms with Crippen molar-refractivity contribution in [1.82, 2.24) is 29.1 Å². The van der Waals surface area contributed by atoms with Crippen molar-refractivity contribution in [2.24, 2.45) is 0 Å². The monoisotopic (exact) mass is 362 g/mol. The first kappa shape index (κ1) is 16.2. The van der Waals surface area contributed by atoms with Crippen LogP contribution in [0.3, 0.4) is 0 Å². The second-order valence-electron chi connectivity index (χ2n) is 7.25. The largest absolute Gasteiger partial charge is 0.336 e. The Bertz CT molecular complexity index is 1160. The van der Waals surface area contributed by atoms with Gasteiger partial charge in [0.05, 0.1) is 0 Å². The number of H-pyrrole nitrogens is 1. The smallest absolute Gasteiger partial charge is 0.281 e. The number of fused-ring (bicyclic) bond motifs is 3. The maximum Gasteiger partial charge on any atom is 0.281 e. The van der Waals surface area contributed by atoms with Crippen molar-refractivity contribution in [2.75, 3.05) is 0 Å². The molecule has 7 heteroatoms. The molecule has 0 amide bonds. The predicted octanol–water partition coefficient (Wildman–Crippen LogP) is 3.04. The van der Waals surface area contributed by atoms with E-state index in [2.05, 4.69) is 27.2 Å². The van der Waals surface area contributed by atoms with Crippen LogP contribution in [0.2, 0.25) is 0 Å². The van der Waals surface area contributed by atoms with Crippen LogP contribution in [0.1, 0.15) is 55.7 Å². The lowest BCUT2D eigenvalue weighted by Gasteiger charge is -2.02. The summed E-state index contributed by atoms with van der Waals surface area (Å²) in [5, 5.41) is 4.69. The van der Waals surface area contributed by atoms with E-state index in [9.17, 15) is 4.79 Å². The number of benzene rings is 1. The van der Waals surface area contributed by atoms with Gasteiger partial charge in [0.2, 0.25) is 5.78 Å². The molecule has 1 aliphatic carbocycles. The molecule has 3 heterocycles. The zero-order valence-electron chi connectivity index (χ0n) is 15.4. The third-order valence-electron chi connectivity index (χ3n) is 5.50. The number of rotatable bonds is 4.